The maximum atomic E-state index is 12.1. The first kappa shape index (κ1) is 18.4. The van der Waals surface area contributed by atoms with E-state index in [1.165, 1.54) is 19.9 Å². The average molecular weight is 366 g/mol. The number of fused-ring (bicyclic) bond motifs is 1. The van der Waals surface area contributed by atoms with Gasteiger partial charge in [-0.1, -0.05) is 30.3 Å². The van der Waals surface area contributed by atoms with Gasteiger partial charge in [-0.15, -0.1) is 0 Å². The molecule has 0 amide bonds. The Balaban J connectivity index is 2.38. The number of benzene rings is 2. The van der Waals surface area contributed by atoms with E-state index in [0.717, 1.165) is 5.56 Å². The molecule has 0 saturated carbocycles. The molecule has 3 rings (SSSR count). The minimum absolute atomic E-state index is 0.0624. The third kappa shape index (κ3) is 3.89. The summed E-state index contributed by atoms with van der Waals surface area (Å²) in [4.78, 5) is 35.1. The average Bonchev–Trinajstić information content (AvgIpc) is 2.60. The summed E-state index contributed by atoms with van der Waals surface area (Å²) in [5.74, 6) is -0.760. The molecule has 0 radical (unpaired) electrons. The summed E-state index contributed by atoms with van der Waals surface area (Å²) in [6, 6.07) is 12.3. The number of esters is 2. The molecule has 1 aromatic heterocycles. The lowest BCUT2D eigenvalue weighted by Gasteiger charge is -2.16. The highest BCUT2D eigenvalue weighted by molar-refractivity contribution is 6.00. The first-order valence-corrected chi connectivity index (χ1v) is 8.34. The summed E-state index contributed by atoms with van der Waals surface area (Å²) < 4.78 is 16.0. The molecular weight excluding hydrogens is 348 g/mol. The molecule has 0 bridgehead atoms. The molecule has 0 saturated heterocycles. The van der Waals surface area contributed by atoms with Gasteiger partial charge in [-0.05, 0) is 24.1 Å². The quantitative estimate of drug-likeness (QED) is 0.397. The Hall–Kier alpha value is -3.41. The smallest absolute Gasteiger partial charge is 0.336 e. The highest BCUT2D eigenvalue weighted by Gasteiger charge is 2.21. The van der Waals surface area contributed by atoms with Gasteiger partial charge in [0.15, 0.2) is 0 Å². The molecular formula is C21H18O6. The molecule has 0 aliphatic rings. The SMILES string of the molecule is CC(=O)OCc1c(C)cc2oc(=O)cc(-c3ccccc3)c2c1OC(C)=O. The zero-order valence-corrected chi connectivity index (χ0v) is 15.2. The van der Waals surface area contributed by atoms with Gasteiger partial charge in [0.1, 0.15) is 17.9 Å². The van der Waals surface area contributed by atoms with Gasteiger partial charge in [0.25, 0.3) is 0 Å². The summed E-state index contributed by atoms with van der Waals surface area (Å²) in [5.41, 5.74) is 2.34. The minimum atomic E-state index is -0.531. The maximum Gasteiger partial charge on any atom is 0.336 e. The minimum Gasteiger partial charge on any atom is -0.461 e. The predicted molar refractivity (Wildman–Crippen MR) is 99.4 cm³/mol. The van der Waals surface area contributed by atoms with Crippen molar-refractivity contribution in [3.05, 3.63) is 64.0 Å². The topological polar surface area (TPSA) is 82.8 Å². The second-order valence-electron chi connectivity index (χ2n) is 6.09. The van der Waals surface area contributed by atoms with Crippen LogP contribution in [0, 0.1) is 6.92 Å². The van der Waals surface area contributed by atoms with Crippen LogP contribution in [0.5, 0.6) is 5.75 Å². The van der Waals surface area contributed by atoms with Gasteiger partial charge in [0.2, 0.25) is 0 Å². The van der Waals surface area contributed by atoms with Crippen LogP contribution in [-0.2, 0) is 20.9 Å². The molecule has 0 N–H and O–H groups in total. The van der Waals surface area contributed by atoms with E-state index in [9.17, 15) is 14.4 Å². The standard InChI is InChI=1S/C21H18O6/c1-12-9-18-20(21(26-14(3)23)17(12)11-25-13(2)22)16(10-19(24)27-18)15-7-5-4-6-8-15/h4-10H,11H2,1-3H3. The van der Waals surface area contributed by atoms with E-state index in [1.54, 1.807) is 13.0 Å². The van der Waals surface area contributed by atoms with Gasteiger partial charge >= 0.3 is 17.6 Å². The number of rotatable bonds is 4. The number of hydrogen-bond donors (Lipinski definition) is 0. The largest absolute Gasteiger partial charge is 0.461 e. The number of aryl methyl sites for hydroxylation is 1. The van der Waals surface area contributed by atoms with Crippen LogP contribution in [-0.4, -0.2) is 11.9 Å². The molecule has 6 nitrogen and oxygen atoms in total. The van der Waals surface area contributed by atoms with Crippen LogP contribution in [0.4, 0.5) is 0 Å². The van der Waals surface area contributed by atoms with Crippen molar-refractivity contribution in [2.75, 3.05) is 0 Å². The lowest BCUT2D eigenvalue weighted by molar-refractivity contribution is -0.142. The second kappa shape index (κ2) is 7.45. The monoisotopic (exact) mass is 366 g/mol. The van der Waals surface area contributed by atoms with Crippen molar-refractivity contribution >= 4 is 22.9 Å². The number of carbonyl (C=O) groups is 2. The van der Waals surface area contributed by atoms with Crippen molar-refractivity contribution in [3.8, 4) is 16.9 Å². The first-order valence-electron chi connectivity index (χ1n) is 8.34. The van der Waals surface area contributed by atoms with Crippen molar-refractivity contribution in [2.24, 2.45) is 0 Å². The summed E-state index contributed by atoms with van der Waals surface area (Å²) in [6.07, 6.45) is 0. The number of ether oxygens (including phenoxy) is 2. The van der Waals surface area contributed by atoms with E-state index in [0.29, 0.717) is 27.7 Å². The molecule has 2 aromatic carbocycles. The van der Waals surface area contributed by atoms with Crippen LogP contribution in [0.15, 0.2) is 51.7 Å². The summed E-state index contributed by atoms with van der Waals surface area (Å²) in [5, 5.41) is 0.476. The Kier molecular flexibility index (Phi) is 5.07. The first-order chi connectivity index (χ1) is 12.9. The summed E-state index contributed by atoms with van der Waals surface area (Å²) >= 11 is 0. The van der Waals surface area contributed by atoms with Crippen LogP contribution in [0.25, 0.3) is 22.1 Å². The Bertz CT molecular complexity index is 1080. The summed E-state index contributed by atoms with van der Waals surface area (Å²) in [7, 11) is 0. The Morgan fingerprint density at radius 3 is 2.37 bits per heavy atom. The van der Waals surface area contributed by atoms with Crippen molar-refractivity contribution in [3.63, 3.8) is 0 Å². The van der Waals surface area contributed by atoms with E-state index >= 15 is 0 Å². The molecule has 6 heteroatoms. The molecule has 0 aliphatic heterocycles. The van der Waals surface area contributed by atoms with E-state index in [-0.39, 0.29) is 12.4 Å². The molecule has 0 spiro atoms. The van der Waals surface area contributed by atoms with Crippen LogP contribution < -0.4 is 10.4 Å². The highest BCUT2D eigenvalue weighted by atomic mass is 16.5. The van der Waals surface area contributed by atoms with Crippen LogP contribution in [0.2, 0.25) is 0 Å². The molecule has 27 heavy (non-hydrogen) atoms. The third-order valence-electron chi connectivity index (χ3n) is 4.06. The molecule has 0 aliphatic carbocycles. The van der Waals surface area contributed by atoms with Gasteiger partial charge in [-0.3, -0.25) is 9.59 Å². The van der Waals surface area contributed by atoms with Gasteiger partial charge in [-0.25, -0.2) is 4.79 Å². The van der Waals surface area contributed by atoms with Crippen LogP contribution in [0.1, 0.15) is 25.0 Å². The van der Waals surface area contributed by atoms with Gasteiger partial charge in [0.05, 0.1) is 5.39 Å². The lowest BCUT2D eigenvalue weighted by atomic mass is 9.97. The predicted octanol–water partition coefficient (Wildman–Crippen LogP) is 3.76. The fraction of sp³-hybridized carbons (Fsp3) is 0.190. The third-order valence-corrected chi connectivity index (χ3v) is 4.06. The van der Waals surface area contributed by atoms with Gasteiger partial charge in [0, 0.05) is 31.0 Å². The number of carbonyl (C=O) groups excluding carboxylic acids is 2. The second-order valence-corrected chi connectivity index (χ2v) is 6.09. The van der Waals surface area contributed by atoms with E-state index in [2.05, 4.69) is 0 Å². The number of hydrogen-bond acceptors (Lipinski definition) is 6. The fourth-order valence-electron chi connectivity index (χ4n) is 2.92. The van der Waals surface area contributed by atoms with E-state index in [1.807, 2.05) is 30.3 Å². The van der Waals surface area contributed by atoms with Gasteiger partial charge < -0.3 is 13.9 Å². The highest BCUT2D eigenvalue weighted by Crippen LogP contribution is 2.39. The van der Waals surface area contributed by atoms with Crippen LogP contribution in [0.3, 0.4) is 0 Å². The van der Waals surface area contributed by atoms with E-state index in [4.69, 9.17) is 13.9 Å². The maximum absolute atomic E-state index is 12.1. The molecule has 0 atom stereocenters. The zero-order chi connectivity index (χ0) is 19.6. The Morgan fingerprint density at radius 1 is 1.04 bits per heavy atom. The Labute approximate surface area is 155 Å². The van der Waals surface area contributed by atoms with Crippen molar-refractivity contribution < 1.29 is 23.5 Å². The van der Waals surface area contributed by atoms with Crippen molar-refractivity contribution in [1.82, 2.24) is 0 Å². The molecule has 0 unspecified atom stereocenters. The summed E-state index contributed by atoms with van der Waals surface area (Å²) in [6.45, 7) is 4.29. The molecule has 0 fully saturated rings. The van der Waals surface area contributed by atoms with Gasteiger partial charge in [-0.2, -0.15) is 0 Å². The van der Waals surface area contributed by atoms with Crippen molar-refractivity contribution in [1.29, 1.82) is 0 Å². The molecule has 138 valence electrons. The normalized spacial score (nSPS) is 10.6. The fourth-order valence-corrected chi connectivity index (χ4v) is 2.92. The zero-order valence-electron chi connectivity index (χ0n) is 15.2. The van der Waals surface area contributed by atoms with E-state index < -0.39 is 17.6 Å². The molecule has 3 aromatic rings. The van der Waals surface area contributed by atoms with Crippen molar-refractivity contribution in [2.45, 2.75) is 27.4 Å². The molecule has 1 heterocycles. The van der Waals surface area contributed by atoms with Crippen LogP contribution >= 0.6 is 0 Å². The Morgan fingerprint density at radius 2 is 1.74 bits per heavy atom. The lowest BCUT2D eigenvalue weighted by Crippen LogP contribution is -2.10.